The second-order valence-corrected chi connectivity index (χ2v) is 5.53. The Balaban J connectivity index is 0.00000288. The number of hydrogen-bond donors (Lipinski definition) is 2. The molecule has 1 heterocycles. The van der Waals surface area contributed by atoms with Crippen molar-refractivity contribution in [2.24, 2.45) is 11.1 Å². The lowest BCUT2D eigenvalue weighted by Crippen LogP contribution is -2.49. The first-order chi connectivity index (χ1) is 11.0. The third-order valence-corrected chi connectivity index (χ3v) is 4.24. The average molecular weight is 360 g/mol. The minimum atomic E-state index is -0.633. The summed E-state index contributed by atoms with van der Waals surface area (Å²) in [7, 11) is 1.48. The van der Waals surface area contributed by atoms with E-state index in [9.17, 15) is 14.9 Å². The highest BCUT2D eigenvalue weighted by atomic mass is 35.5. The van der Waals surface area contributed by atoms with Gasteiger partial charge in [0.1, 0.15) is 5.75 Å². The molecule has 1 aliphatic rings. The molecule has 1 saturated heterocycles. The fraction of sp³-hybridized carbons (Fsp3) is 0.533. The second kappa shape index (κ2) is 8.81. The second-order valence-electron chi connectivity index (χ2n) is 5.53. The van der Waals surface area contributed by atoms with E-state index in [0.717, 1.165) is 0 Å². The van der Waals surface area contributed by atoms with Gasteiger partial charge in [-0.25, -0.2) is 0 Å². The van der Waals surface area contributed by atoms with E-state index < -0.39 is 10.3 Å². The summed E-state index contributed by atoms with van der Waals surface area (Å²) in [6, 6.07) is 4.29. The standard InChI is InChI=1S/C15H21N3O5.ClH/c1-22-13-3-2-12(18(20)21)8-11(13)9-17-14(19)15(10-16)4-6-23-7-5-15;/h2-3,8H,4-7,9-10,16H2,1H3,(H,17,19);1H. The topological polar surface area (TPSA) is 117 Å². The van der Waals surface area contributed by atoms with Gasteiger partial charge in [-0.15, -0.1) is 12.4 Å². The monoisotopic (exact) mass is 359 g/mol. The summed E-state index contributed by atoms with van der Waals surface area (Å²) in [5.74, 6) is 0.335. The van der Waals surface area contributed by atoms with Crippen molar-refractivity contribution in [1.29, 1.82) is 0 Å². The van der Waals surface area contributed by atoms with Gasteiger partial charge >= 0.3 is 0 Å². The van der Waals surface area contributed by atoms with Crippen molar-refractivity contribution in [3.63, 3.8) is 0 Å². The van der Waals surface area contributed by atoms with Crippen LogP contribution in [-0.4, -0.2) is 37.7 Å². The minimum absolute atomic E-state index is 0. The third kappa shape index (κ3) is 4.34. The van der Waals surface area contributed by atoms with E-state index in [-0.39, 0.29) is 37.1 Å². The number of benzene rings is 1. The van der Waals surface area contributed by atoms with Gasteiger partial charge in [0.2, 0.25) is 5.91 Å². The Labute approximate surface area is 146 Å². The molecule has 3 N–H and O–H groups in total. The van der Waals surface area contributed by atoms with Crippen molar-refractivity contribution in [2.75, 3.05) is 26.9 Å². The molecule has 8 nitrogen and oxygen atoms in total. The number of amides is 1. The van der Waals surface area contributed by atoms with Crippen LogP contribution in [0.2, 0.25) is 0 Å². The van der Waals surface area contributed by atoms with Crippen LogP contribution in [0.4, 0.5) is 5.69 Å². The molecule has 1 amide bonds. The molecule has 0 atom stereocenters. The number of nitro groups is 1. The van der Waals surface area contributed by atoms with E-state index in [1.54, 1.807) is 0 Å². The number of nitrogens with two attached hydrogens (primary N) is 1. The SMILES string of the molecule is COc1ccc([N+](=O)[O-])cc1CNC(=O)C1(CN)CCOCC1.Cl. The van der Waals surface area contributed by atoms with Crippen molar-refractivity contribution in [3.8, 4) is 5.75 Å². The molecule has 2 rings (SSSR count). The van der Waals surface area contributed by atoms with Gasteiger partial charge in [-0.05, 0) is 18.9 Å². The molecule has 1 aliphatic heterocycles. The number of ether oxygens (including phenoxy) is 2. The molecule has 0 aliphatic carbocycles. The number of methoxy groups -OCH3 is 1. The van der Waals surface area contributed by atoms with Gasteiger partial charge < -0.3 is 20.5 Å². The number of nitrogens with one attached hydrogen (secondary N) is 1. The fourth-order valence-corrected chi connectivity index (χ4v) is 2.67. The molecule has 1 aromatic carbocycles. The first kappa shape index (κ1) is 20.1. The number of carbonyl (C=O) groups excluding carboxylic acids is 1. The van der Waals surface area contributed by atoms with Crippen LogP contribution in [0.5, 0.6) is 5.75 Å². The summed E-state index contributed by atoms with van der Waals surface area (Å²) in [6.07, 6.45) is 1.14. The number of nitrogens with zero attached hydrogens (tertiary/aromatic N) is 1. The van der Waals surface area contributed by atoms with Gasteiger partial charge in [0.05, 0.1) is 17.4 Å². The molecule has 0 spiro atoms. The van der Waals surface area contributed by atoms with Gasteiger partial charge in [0.15, 0.2) is 0 Å². The van der Waals surface area contributed by atoms with Crippen LogP contribution in [0.15, 0.2) is 18.2 Å². The van der Waals surface area contributed by atoms with Crippen LogP contribution in [0.3, 0.4) is 0 Å². The number of halogens is 1. The van der Waals surface area contributed by atoms with Crippen LogP contribution in [0.25, 0.3) is 0 Å². The molecule has 0 radical (unpaired) electrons. The van der Waals surface area contributed by atoms with E-state index in [4.69, 9.17) is 15.2 Å². The Morgan fingerprint density at radius 3 is 2.67 bits per heavy atom. The number of rotatable bonds is 6. The first-order valence-electron chi connectivity index (χ1n) is 7.40. The van der Waals surface area contributed by atoms with E-state index in [2.05, 4.69) is 5.32 Å². The lowest BCUT2D eigenvalue weighted by Gasteiger charge is -2.34. The normalized spacial score (nSPS) is 15.9. The lowest BCUT2D eigenvalue weighted by molar-refractivity contribution is -0.384. The Kier molecular flexibility index (Phi) is 7.40. The maximum Gasteiger partial charge on any atom is 0.270 e. The molecule has 134 valence electrons. The van der Waals surface area contributed by atoms with E-state index in [0.29, 0.717) is 37.4 Å². The molecule has 0 saturated carbocycles. The van der Waals surface area contributed by atoms with Crippen molar-refractivity contribution >= 4 is 24.0 Å². The zero-order valence-corrected chi connectivity index (χ0v) is 14.3. The van der Waals surface area contributed by atoms with E-state index in [1.807, 2.05) is 0 Å². The highest BCUT2D eigenvalue weighted by Crippen LogP contribution is 2.30. The van der Waals surface area contributed by atoms with Gasteiger partial charge in [-0.2, -0.15) is 0 Å². The summed E-state index contributed by atoms with van der Waals surface area (Å²) in [6.45, 7) is 1.40. The van der Waals surface area contributed by atoms with Crippen LogP contribution in [-0.2, 0) is 16.1 Å². The molecule has 0 unspecified atom stereocenters. The summed E-state index contributed by atoms with van der Waals surface area (Å²) in [5.41, 5.74) is 5.67. The van der Waals surface area contributed by atoms with Crippen molar-refractivity contribution in [2.45, 2.75) is 19.4 Å². The fourth-order valence-electron chi connectivity index (χ4n) is 2.67. The zero-order valence-electron chi connectivity index (χ0n) is 13.4. The molecule has 1 aromatic rings. The Bertz CT molecular complexity index is 590. The molecule has 1 fully saturated rings. The predicted octanol–water partition coefficient (Wildman–Crippen LogP) is 1.40. The highest BCUT2D eigenvalue weighted by molar-refractivity contribution is 5.85. The average Bonchev–Trinajstić information content (AvgIpc) is 2.59. The van der Waals surface area contributed by atoms with Gasteiger partial charge in [-0.3, -0.25) is 14.9 Å². The summed E-state index contributed by atoms with van der Waals surface area (Å²) in [4.78, 5) is 22.9. The molecule has 9 heteroatoms. The molecular formula is C15H22ClN3O5. The summed E-state index contributed by atoms with van der Waals surface area (Å²) < 4.78 is 10.5. The summed E-state index contributed by atoms with van der Waals surface area (Å²) in [5, 5.41) is 13.7. The maximum atomic E-state index is 12.5. The third-order valence-electron chi connectivity index (χ3n) is 4.24. The zero-order chi connectivity index (χ0) is 16.9. The number of nitro benzene ring substituents is 1. The van der Waals surface area contributed by atoms with Crippen molar-refractivity contribution < 1.29 is 19.2 Å². The van der Waals surface area contributed by atoms with Gasteiger partial charge in [0, 0.05) is 44.0 Å². The summed E-state index contributed by atoms with van der Waals surface area (Å²) >= 11 is 0. The Morgan fingerprint density at radius 2 is 2.12 bits per heavy atom. The van der Waals surface area contributed by atoms with Gasteiger partial charge in [-0.1, -0.05) is 0 Å². The smallest absolute Gasteiger partial charge is 0.270 e. The first-order valence-corrected chi connectivity index (χ1v) is 7.40. The van der Waals surface area contributed by atoms with Crippen LogP contribution >= 0.6 is 12.4 Å². The molecule has 24 heavy (non-hydrogen) atoms. The van der Waals surface area contributed by atoms with E-state index in [1.165, 1.54) is 25.3 Å². The van der Waals surface area contributed by atoms with E-state index >= 15 is 0 Å². The van der Waals surface area contributed by atoms with Crippen molar-refractivity contribution in [3.05, 3.63) is 33.9 Å². The molecular weight excluding hydrogens is 338 g/mol. The lowest BCUT2D eigenvalue weighted by atomic mass is 9.79. The largest absolute Gasteiger partial charge is 0.496 e. The number of carbonyl (C=O) groups is 1. The Hall–Kier alpha value is -1.90. The van der Waals surface area contributed by atoms with Crippen LogP contribution in [0.1, 0.15) is 18.4 Å². The predicted molar refractivity (Wildman–Crippen MR) is 90.3 cm³/mol. The molecule has 0 aromatic heterocycles. The van der Waals surface area contributed by atoms with Gasteiger partial charge in [0.25, 0.3) is 5.69 Å². The van der Waals surface area contributed by atoms with Crippen LogP contribution in [0, 0.1) is 15.5 Å². The quantitative estimate of drug-likeness (QED) is 0.585. The maximum absolute atomic E-state index is 12.5. The number of non-ortho nitro benzene ring substituents is 1. The number of hydrogen-bond acceptors (Lipinski definition) is 6. The molecule has 0 bridgehead atoms. The van der Waals surface area contributed by atoms with Crippen LogP contribution < -0.4 is 15.8 Å². The van der Waals surface area contributed by atoms with Crippen molar-refractivity contribution in [1.82, 2.24) is 5.32 Å². The Morgan fingerprint density at radius 1 is 1.46 bits per heavy atom. The minimum Gasteiger partial charge on any atom is -0.496 e. The highest BCUT2D eigenvalue weighted by Gasteiger charge is 2.38.